The highest BCUT2D eigenvalue weighted by molar-refractivity contribution is 7.99. The second kappa shape index (κ2) is 5.76. The summed E-state index contributed by atoms with van der Waals surface area (Å²) in [6, 6.07) is 0.678. The highest BCUT2D eigenvalue weighted by atomic mass is 32.2. The topological polar surface area (TPSA) is 17.8 Å². The Morgan fingerprint density at radius 2 is 2.06 bits per heavy atom. The van der Waals surface area contributed by atoms with Crippen molar-refractivity contribution in [3.63, 3.8) is 0 Å². The van der Waals surface area contributed by atoms with Gasteiger partial charge in [-0.15, -0.1) is 6.58 Å². The fraction of sp³-hybridized carbons (Fsp3) is 0.643. The summed E-state index contributed by atoms with van der Waals surface area (Å²) in [5.41, 5.74) is 2.53. The third kappa shape index (κ3) is 2.76. The molecule has 0 aliphatic heterocycles. The zero-order valence-corrected chi connectivity index (χ0v) is 11.7. The molecule has 1 saturated carbocycles. The zero-order valence-electron chi connectivity index (χ0n) is 10.9. The summed E-state index contributed by atoms with van der Waals surface area (Å²) >= 11 is 1.81. The van der Waals surface area contributed by atoms with Crippen molar-refractivity contribution in [2.24, 2.45) is 0 Å². The van der Waals surface area contributed by atoms with Crippen LogP contribution in [0.15, 0.2) is 17.8 Å². The van der Waals surface area contributed by atoms with Gasteiger partial charge in [0, 0.05) is 17.5 Å². The third-order valence-corrected chi connectivity index (χ3v) is 4.57. The molecule has 1 aliphatic rings. The van der Waals surface area contributed by atoms with Gasteiger partial charge in [-0.1, -0.05) is 37.1 Å². The molecule has 0 spiro atoms. The molecule has 0 aromatic carbocycles. The highest BCUT2D eigenvalue weighted by Crippen LogP contribution is 2.34. The molecule has 0 bridgehead atoms. The SMILES string of the molecule is C=CCSc1nc(C)c(C)n1C1CCCCC1. The van der Waals surface area contributed by atoms with Crippen LogP contribution in [0.5, 0.6) is 0 Å². The van der Waals surface area contributed by atoms with E-state index in [1.807, 2.05) is 17.8 Å². The van der Waals surface area contributed by atoms with Gasteiger partial charge < -0.3 is 4.57 Å². The molecule has 3 heteroatoms. The molecule has 1 aromatic heterocycles. The molecule has 1 heterocycles. The number of hydrogen-bond donors (Lipinski definition) is 0. The molecule has 0 atom stereocenters. The van der Waals surface area contributed by atoms with Crippen molar-refractivity contribution in [2.75, 3.05) is 5.75 Å². The van der Waals surface area contributed by atoms with E-state index in [0.717, 1.165) is 5.75 Å². The van der Waals surface area contributed by atoms with E-state index in [0.29, 0.717) is 6.04 Å². The first-order chi connectivity index (χ1) is 8.24. The predicted octanol–water partition coefficient (Wildman–Crippen LogP) is 4.28. The number of thioether (sulfide) groups is 1. The fourth-order valence-corrected chi connectivity index (χ4v) is 3.49. The van der Waals surface area contributed by atoms with Crippen molar-refractivity contribution in [3.8, 4) is 0 Å². The Morgan fingerprint density at radius 3 is 2.71 bits per heavy atom. The van der Waals surface area contributed by atoms with Crippen LogP contribution in [0.4, 0.5) is 0 Å². The van der Waals surface area contributed by atoms with Crippen LogP contribution in [-0.2, 0) is 0 Å². The molecular formula is C14H22N2S. The number of nitrogens with zero attached hydrogens (tertiary/aromatic N) is 2. The van der Waals surface area contributed by atoms with Crippen LogP contribution in [0, 0.1) is 13.8 Å². The van der Waals surface area contributed by atoms with Crippen LogP contribution in [-0.4, -0.2) is 15.3 Å². The first-order valence-electron chi connectivity index (χ1n) is 6.53. The first-order valence-corrected chi connectivity index (χ1v) is 7.51. The van der Waals surface area contributed by atoms with E-state index in [-0.39, 0.29) is 0 Å². The summed E-state index contributed by atoms with van der Waals surface area (Å²) in [5, 5.41) is 1.19. The van der Waals surface area contributed by atoms with Crippen LogP contribution < -0.4 is 0 Å². The average Bonchev–Trinajstić information content (AvgIpc) is 2.64. The van der Waals surface area contributed by atoms with Crippen LogP contribution in [0.3, 0.4) is 0 Å². The summed E-state index contributed by atoms with van der Waals surface area (Å²) in [4.78, 5) is 4.70. The van der Waals surface area contributed by atoms with Crippen molar-refractivity contribution >= 4 is 11.8 Å². The predicted molar refractivity (Wildman–Crippen MR) is 74.7 cm³/mol. The van der Waals surface area contributed by atoms with Crippen molar-refractivity contribution in [1.29, 1.82) is 0 Å². The molecule has 0 N–H and O–H groups in total. The molecule has 0 unspecified atom stereocenters. The van der Waals surface area contributed by atoms with E-state index in [1.165, 1.54) is 48.6 Å². The van der Waals surface area contributed by atoms with Crippen LogP contribution >= 0.6 is 11.8 Å². The Bertz CT molecular complexity index is 389. The van der Waals surface area contributed by atoms with Crippen molar-refractivity contribution in [3.05, 3.63) is 24.0 Å². The number of aromatic nitrogens is 2. The van der Waals surface area contributed by atoms with Crippen LogP contribution in [0.25, 0.3) is 0 Å². The van der Waals surface area contributed by atoms with Gasteiger partial charge in [0.15, 0.2) is 5.16 Å². The van der Waals surface area contributed by atoms with Gasteiger partial charge in [-0.3, -0.25) is 0 Å². The number of aryl methyl sites for hydroxylation is 1. The molecule has 2 rings (SSSR count). The average molecular weight is 250 g/mol. The van der Waals surface area contributed by atoms with E-state index >= 15 is 0 Å². The smallest absolute Gasteiger partial charge is 0.168 e. The lowest BCUT2D eigenvalue weighted by atomic mass is 9.95. The maximum Gasteiger partial charge on any atom is 0.168 e. The maximum atomic E-state index is 4.70. The van der Waals surface area contributed by atoms with Crippen LogP contribution in [0.1, 0.15) is 49.5 Å². The minimum absolute atomic E-state index is 0.678. The molecule has 94 valence electrons. The van der Waals surface area contributed by atoms with Gasteiger partial charge in [-0.25, -0.2) is 4.98 Å². The van der Waals surface area contributed by atoms with E-state index in [1.54, 1.807) is 0 Å². The van der Waals surface area contributed by atoms with Gasteiger partial charge in [-0.2, -0.15) is 0 Å². The van der Waals surface area contributed by atoms with Gasteiger partial charge in [0.05, 0.1) is 5.69 Å². The molecule has 1 aliphatic carbocycles. The minimum atomic E-state index is 0.678. The second-order valence-electron chi connectivity index (χ2n) is 4.83. The minimum Gasteiger partial charge on any atom is -0.320 e. The number of rotatable bonds is 4. The summed E-state index contributed by atoms with van der Waals surface area (Å²) in [7, 11) is 0. The largest absolute Gasteiger partial charge is 0.320 e. The summed E-state index contributed by atoms with van der Waals surface area (Å²) < 4.78 is 2.47. The quantitative estimate of drug-likeness (QED) is 0.586. The Hall–Kier alpha value is -0.700. The van der Waals surface area contributed by atoms with E-state index in [2.05, 4.69) is 25.0 Å². The molecule has 0 saturated heterocycles. The van der Waals surface area contributed by atoms with Gasteiger partial charge >= 0.3 is 0 Å². The fourth-order valence-electron chi connectivity index (χ4n) is 2.60. The van der Waals surface area contributed by atoms with E-state index in [4.69, 9.17) is 4.98 Å². The van der Waals surface area contributed by atoms with Crippen molar-refractivity contribution in [1.82, 2.24) is 9.55 Å². The van der Waals surface area contributed by atoms with E-state index < -0.39 is 0 Å². The molecule has 2 nitrogen and oxygen atoms in total. The van der Waals surface area contributed by atoms with Crippen LogP contribution in [0.2, 0.25) is 0 Å². The molecule has 1 fully saturated rings. The van der Waals surface area contributed by atoms with Crippen molar-refractivity contribution < 1.29 is 0 Å². The Balaban J connectivity index is 2.25. The Morgan fingerprint density at radius 1 is 1.35 bits per heavy atom. The first kappa shape index (κ1) is 12.7. The lowest BCUT2D eigenvalue weighted by Crippen LogP contribution is -2.15. The molecule has 0 amide bonds. The summed E-state index contributed by atoms with van der Waals surface area (Å²) in [6.07, 6.45) is 8.73. The molecular weight excluding hydrogens is 228 g/mol. The van der Waals surface area contributed by atoms with E-state index in [9.17, 15) is 0 Å². The zero-order chi connectivity index (χ0) is 12.3. The monoisotopic (exact) mass is 250 g/mol. The van der Waals surface area contributed by atoms with Gasteiger partial charge in [0.1, 0.15) is 0 Å². The summed E-state index contributed by atoms with van der Waals surface area (Å²) in [5.74, 6) is 0.947. The molecule has 1 aromatic rings. The Kier molecular flexibility index (Phi) is 4.32. The third-order valence-electron chi connectivity index (χ3n) is 3.62. The normalized spacial score (nSPS) is 17.3. The van der Waals surface area contributed by atoms with Gasteiger partial charge in [-0.05, 0) is 26.7 Å². The summed E-state index contributed by atoms with van der Waals surface area (Å²) in [6.45, 7) is 8.11. The molecule has 0 radical (unpaired) electrons. The lowest BCUT2D eigenvalue weighted by molar-refractivity contribution is 0.332. The Labute approximate surface area is 109 Å². The lowest BCUT2D eigenvalue weighted by Gasteiger charge is -2.25. The molecule has 17 heavy (non-hydrogen) atoms. The van der Waals surface area contributed by atoms with Gasteiger partial charge in [0.25, 0.3) is 0 Å². The highest BCUT2D eigenvalue weighted by Gasteiger charge is 2.21. The number of hydrogen-bond acceptors (Lipinski definition) is 2. The second-order valence-corrected chi connectivity index (χ2v) is 5.81. The number of imidazole rings is 1. The van der Waals surface area contributed by atoms with Crippen molar-refractivity contribution in [2.45, 2.75) is 57.1 Å². The standard InChI is InChI=1S/C14H22N2S/c1-4-10-17-14-15-11(2)12(3)16(14)13-8-6-5-7-9-13/h4,13H,1,5-10H2,2-3H3. The van der Waals surface area contributed by atoms with Gasteiger partial charge in [0.2, 0.25) is 0 Å². The maximum absolute atomic E-state index is 4.70.